The van der Waals surface area contributed by atoms with E-state index >= 15 is 0 Å². The number of carbonyl (C=O) groups is 2. The Hall–Kier alpha value is -2.18. The van der Waals surface area contributed by atoms with Crippen LogP contribution in [0.25, 0.3) is 0 Å². The Balaban J connectivity index is 4.54. The monoisotopic (exact) mass is 912 g/mol. The average Bonchev–Trinajstić information content (AvgIpc) is 3.30. The molecule has 0 aliphatic carbocycles. The minimum atomic E-state index is -0.795. The maximum atomic E-state index is 13.3. The van der Waals surface area contributed by atoms with E-state index in [-0.39, 0.29) is 24.9 Å². The van der Waals surface area contributed by atoms with Crippen molar-refractivity contribution >= 4 is 11.9 Å². The Morgan fingerprint density at radius 3 is 1.29 bits per heavy atom. The van der Waals surface area contributed by atoms with Crippen LogP contribution in [0, 0.1) is 0 Å². The highest BCUT2D eigenvalue weighted by atomic mass is 16.5. The first kappa shape index (κ1) is 62.8. The summed E-state index contributed by atoms with van der Waals surface area (Å²) in [6.07, 6.45) is 64.6. The molecule has 3 unspecified atom stereocenters. The normalized spacial score (nSPS) is 13.5. The lowest BCUT2D eigenvalue weighted by atomic mass is 10.0. The summed E-state index contributed by atoms with van der Waals surface area (Å²) < 4.78 is 5.94. The fourth-order valence-corrected chi connectivity index (χ4v) is 8.62. The van der Waals surface area contributed by atoms with Crippen molar-refractivity contribution in [2.24, 2.45) is 0 Å². The number of allylic oxidation sites excluding steroid dienone is 8. The van der Waals surface area contributed by atoms with Gasteiger partial charge in [-0.05, 0) is 83.5 Å². The van der Waals surface area contributed by atoms with E-state index in [1.807, 2.05) is 0 Å². The largest absolute Gasteiger partial charge is 0.462 e. The van der Waals surface area contributed by atoms with Crippen LogP contribution in [0.2, 0.25) is 0 Å². The predicted octanol–water partition coefficient (Wildman–Crippen LogP) is 17.4. The molecule has 0 saturated carbocycles. The highest BCUT2D eigenvalue weighted by Crippen LogP contribution is 2.18. The van der Waals surface area contributed by atoms with E-state index < -0.39 is 18.2 Å². The molecular weight excluding hydrogens is 803 g/mol. The fraction of sp³-hybridized carbons (Fsp3) is 0.831. The van der Waals surface area contributed by atoms with Gasteiger partial charge in [0.25, 0.3) is 0 Å². The van der Waals surface area contributed by atoms with Gasteiger partial charge in [0.1, 0.15) is 6.10 Å². The molecular formula is C59H109NO5. The van der Waals surface area contributed by atoms with E-state index in [1.54, 1.807) is 0 Å². The number of aliphatic hydroxyl groups is 2. The lowest BCUT2D eigenvalue weighted by Gasteiger charge is -2.24. The van der Waals surface area contributed by atoms with Gasteiger partial charge in [0.15, 0.2) is 0 Å². The van der Waals surface area contributed by atoms with Crippen molar-refractivity contribution in [1.29, 1.82) is 0 Å². The minimum absolute atomic E-state index is 0.0621. The van der Waals surface area contributed by atoms with Gasteiger partial charge in [0, 0.05) is 6.42 Å². The van der Waals surface area contributed by atoms with E-state index in [0.717, 1.165) is 89.9 Å². The molecule has 3 atom stereocenters. The number of carbonyl (C=O) groups excluding carboxylic acids is 2. The molecule has 0 aliphatic heterocycles. The minimum Gasteiger partial charge on any atom is -0.462 e. The zero-order valence-corrected chi connectivity index (χ0v) is 43.4. The molecule has 0 aromatic carbocycles. The zero-order valence-electron chi connectivity index (χ0n) is 43.4. The van der Waals surface area contributed by atoms with Crippen LogP contribution in [0.15, 0.2) is 48.6 Å². The second kappa shape index (κ2) is 52.8. The predicted molar refractivity (Wildman–Crippen MR) is 282 cm³/mol. The Morgan fingerprint density at radius 2 is 0.831 bits per heavy atom. The van der Waals surface area contributed by atoms with Gasteiger partial charge in [-0.15, -0.1) is 0 Å². The van der Waals surface area contributed by atoms with Gasteiger partial charge in [0.05, 0.1) is 25.2 Å². The van der Waals surface area contributed by atoms with Crippen LogP contribution in [-0.2, 0) is 14.3 Å². The summed E-state index contributed by atoms with van der Waals surface area (Å²) in [5.74, 6) is -0.492. The molecule has 6 nitrogen and oxygen atoms in total. The number of nitrogens with one attached hydrogen (secondary N) is 1. The molecule has 0 spiro atoms. The topological polar surface area (TPSA) is 95.9 Å². The van der Waals surface area contributed by atoms with Crippen molar-refractivity contribution in [3.63, 3.8) is 0 Å². The summed E-state index contributed by atoms with van der Waals surface area (Å²) >= 11 is 0. The number of ether oxygens (including phenoxy) is 1. The van der Waals surface area contributed by atoms with Crippen LogP contribution in [0.1, 0.15) is 290 Å². The van der Waals surface area contributed by atoms with Crippen molar-refractivity contribution in [2.45, 2.75) is 309 Å². The summed E-state index contributed by atoms with van der Waals surface area (Å²) in [6.45, 7) is 6.38. The Bertz CT molecular complexity index is 1110. The van der Waals surface area contributed by atoms with Crippen LogP contribution in [-0.4, -0.2) is 46.9 Å². The number of aliphatic hydroxyl groups excluding tert-OH is 2. The van der Waals surface area contributed by atoms with E-state index in [0.29, 0.717) is 19.3 Å². The van der Waals surface area contributed by atoms with Crippen molar-refractivity contribution < 1.29 is 24.5 Å². The molecule has 0 aromatic rings. The Labute approximate surface area is 404 Å². The standard InChI is InChI=1S/C59H109NO5/c1-4-7-10-13-16-19-22-25-28-29-31-33-36-39-42-45-48-51-57(62)56(54-61)60-58(63)53-55(50-47-44-41-38-35-32-27-24-21-18-15-12-9-6-3)65-59(64)52-49-46-43-40-37-34-30-26-23-20-17-14-11-8-5-2/h9,12,18,20-21,23,27,32,55-57,61-62H,4-8,10-11,13-17,19,22,24-26,28-31,33-54H2,1-3H3,(H,60,63)/b12-9+,21-18+,23-20-,32-27+. The number of rotatable bonds is 51. The molecule has 0 radical (unpaired) electrons. The smallest absolute Gasteiger partial charge is 0.306 e. The molecule has 0 heterocycles. The van der Waals surface area contributed by atoms with Gasteiger partial charge in [-0.3, -0.25) is 9.59 Å². The SMILES string of the molecule is CC/C=C/C/C=C/C/C=C/CCCCCCC(CC(=O)NC(CO)C(O)CCCCCCCCCCCCCCCCCCC)OC(=O)CCCCCCCCC/C=C\CCCCCC. The third-order valence-electron chi connectivity index (χ3n) is 12.9. The first-order chi connectivity index (χ1) is 32.0. The fourth-order valence-electron chi connectivity index (χ4n) is 8.62. The average molecular weight is 913 g/mol. The number of hydrogen-bond donors (Lipinski definition) is 3. The van der Waals surface area contributed by atoms with E-state index in [1.165, 1.54) is 154 Å². The van der Waals surface area contributed by atoms with Gasteiger partial charge in [-0.2, -0.15) is 0 Å². The lowest BCUT2D eigenvalue weighted by molar-refractivity contribution is -0.151. The highest BCUT2D eigenvalue weighted by Gasteiger charge is 2.24. The third kappa shape index (κ3) is 48.1. The Morgan fingerprint density at radius 1 is 0.462 bits per heavy atom. The lowest BCUT2D eigenvalue weighted by Crippen LogP contribution is -2.46. The summed E-state index contributed by atoms with van der Waals surface area (Å²) in [5.41, 5.74) is 0. The molecule has 6 heteroatoms. The summed E-state index contributed by atoms with van der Waals surface area (Å²) in [5, 5.41) is 23.9. The molecule has 0 bridgehead atoms. The van der Waals surface area contributed by atoms with Crippen molar-refractivity contribution in [1.82, 2.24) is 5.32 Å². The first-order valence-electron chi connectivity index (χ1n) is 28.4. The van der Waals surface area contributed by atoms with Crippen LogP contribution in [0.4, 0.5) is 0 Å². The van der Waals surface area contributed by atoms with Gasteiger partial charge < -0.3 is 20.3 Å². The summed E-state index contributed by atoms with van der Waals surface area (Å²) in [4.78, 5) is 26.2. The molecule has 3 N–H and O–H groups in total. The van der Waals surface area contributed by atoms with E-state index in [9.17, 15) is 19.8 Å². The molecule has 1 amide bonds. The van der Waals surface area contributed by atoms with Crippen LogP contribution in [0.3, 0.4) is 0 Å². The molecule has 0 aromatic heterocycles. The van der Waals surface area contributed by atoms with Crippen molar-refractivity contribution in [3.8, 4) is 0 Å². The third-order valence-corrected chi connectivity index (χ3v) is 12.9. The second-order valence-electron chi connectivity index (χ2n) is 19.3. The number of hydrogen-bond acceptors (Lipinski definition) is 5. The molecule has 380 valence electrons. The van der Waals surface area contributed by atoms with Crippen molar-refractivity contribution in [2.75, 3.05) is 6.61 Å². The maximum absolute atomic E-state index is 13.3. The zero-order chi connectivity index (χ0) is 47.4. The molecule has 0 fully saturated rings. The quantitative estimate of drug-likeness (QED) is 0.0321. The van der Waals surface area contributed by atoms with Crippen molar-refractivity contribution in [3.05, 3.63) is 48.6 Å². The molecule has 0 rings (SSSR count). The van der Waals surface area contributed by atoms with Crippen LogP contribution < -0.4 is 5.32 Å². The maximum Gasteiger partial charge on any atom is 0.306 e. The Kier molecular flexibility index (Phi) is 51.0. The molecule has 65 heavy (non-hydrogen) atoms. The molecule has 0 saturated heterocycles. The van der Waals surface area contributed by atoms with Crippen LogP contribution >= 0.6 is 0 Å². The van der Waals surface area contributed by atoms with Gasteiger partial charge in [-0.25, -0.2) is 0 Å². The number of esters is 1. The van der Waals surface area contributed by atoms with E-state index in [2.05, 4.69) is 74.7 Å². The molecule has 0 aliphatic rings. The van der Waals surface area contributed by atoms with Gasteiger partial charge in [-0.1, -0.05) is 243 Å². The van der Waals surface area contributed by atoms with Crippen LogP contribution in [0.5, 0.6) is 0 Å². The summed E-state index contributed by atoms with van der Waals surface area (Å²) in [7, 11) is 0. The van der Waals surface area contributed by atoms with Gasteiger partial charge >= 0.3 is 5.97 Å². The van der Waals surface area contributed by atoms with E-state index in [4.69, 9.17) is 4.74 Å². The number of unbranched alkanes of at least 4 members (excludes halogenated alkanes) is 31. The summed E-state index contributed by atoms with van der Waals surface area (Å²) in [6, 6.07) is -0.710. The second-order valence-corrected chi connectivity index (χ2v) is 19.3. The van der Waals surface area contributed by atoms with Gasteiger partial charge in [0.2, 0.25) is 5.91 Å². The first-order valence-corrected chi connectivity index (χ1v) is 28.4. The number of amides is 1. The highest BCUT2D eigenvalue weighted by molar-refractivity contribution is 5.77.